The lowest BCUT2D eigenvalue weighted by molar-refractivity contribution is -0.185. The molecule has 2 aliphatic rings. The molecule has 0 amide bonds. The summed E-state index contributed by atoms with van der Waals surface area (Å²) in [4.78, 5) is 2.48. The van der Waals surface area contributed by atoms with E-state index >= 15 is 0 Å². The van der Waals surface area contributed by atoms with Gasteiger partial charge < -0.3 is 9.47 Å². The molecule has 128 valence electrons. The Hall–Kier alpha value is -1.69. The number of piperidine rings is 1. The van der Waals surface area contributed by atoms with E-state index in [-0.39, 0.29) is 5.79 Å². The number of likely N-dealkylation sites (tertiary alicyclic amines) is 1. The Morgan fingerprint density at radius 3 is 2.29 bits per heavy atom. The maximum Gasteiger partial charge on any atom is 0.170 e. The first kappa shape index (κ1) is 15.8. The molecule has 2 aliphatic heterocycles. The zero-order valence-corrected chi connectivity index (χ0v) is 14.5. The first-order valence-corrected chi connectivity index (χ1v) is 8.76. The summed E-state index contributed by atoms with van der Waals surface area (Å²) in [5.41, 5.74) is 4.67. The summed E-state index contributed by atoms with van der Waals surface area (Å²) < 4.78 is 13.6. The summed E-state index contributed by atoms with van der Waals surface area (Å²) >= 11 is 0. The Bertz CT molecular complexity index is 692. The highest BCUT2D eigenvalue weighted by Crippen LogP contribution is 2.31. The van der Waals surface area contributed by atoms with E-state index in [1.165, 1.54) is 5.56 Å². The normalized spacial score (nSPS) is 20.8. The van der Waals surface area contributed by atoms with Crippen LogP contribution in [0.25, 0.3) is 5.69 Å². The monoisotopic (exact) mass is 327 g/mol. The van der Waals surface area contributed by atoms with Gasteiger partial charge in [0.2, 0.25) is 0 Å². The molecule has 0 saturated carbocycles. The molecule has 1 aromatic heterocycles. The smallest absolute Gasteiger partial charge is 0.170 e. The Labute approximate surface area is 143 Å². The highest BCUT2D eigenvalue weighted by molar-refractivity contribution is 5.36. The average Bonchev–Trinajstić information content (AvgIpc) is 3.17. The van der Waals surface area contributed by atoms with Crippen LogP contribution in [0.1, 0.15) is 29.8 Å². The molecule has 1 spiro atoms. The van der Waals surface area contributed by atoms with Crippen molar-refractivity contribution >= 4 is 0 Å². The van der Waals surface area contributed by atoms with Crippen molar-refractivity contribution in [1.82, 2.24) is 14.7 Å². The molecule has 0 bridgehead atoms. The topological polar surface area (TPSA) is 39.5 Å². The highest BCUT2D eigenvalue weighted by atomic mass is 16.7. The number of aryl methyl sites for hydroxylation is 2. The summed E-state index contributed by atoms with van der Waals surface area (Å²) in [6.07, 6.45) is 1.94. The molecule has 0 radical (unpaired) electrons. The summed E-state index contributed by atoms with van der Waals surface area (Å²) in [7, 11) is 0. The molecular weight excluding hydrogens is 302 g/mol. The van der Waals surface area contributed by atoms with Crippen molar-refractivity contribution in [2.45, 2.75) is 39.0 Å². The number of benzene rings is 1. The fourth-order valence-corrected chi connectivity index (χ4v) is 3.73. The standard InChI is InChI=1S/C19H25N3O2/c1-15-13-16(2)22(20-15)18-5-3-17(4-6-18)14-21-9-7-19(8-10-21)23-11-12-24-19/h3-6,13H,7-12,14H2,1-2H3. The fraction of sp³-hybridized carbons (Fsp3) is 0.526. The van der Waals surface area contributed by atoms with Gasteiger partial charge in [-0.1, -0.05) is 12.1 Å². The Morgan fingerprint density at radius 1 is 1.04 bits per heavy atom. The lowest BCUT2D eigenvalue weighted by Crippen LogP contribution is -2.44. The minimum Gasteiger partial charge on any atom is -0.347 e. The van der Waals surface area contributed by atoms with Crippen LogP contribution < -0.4 is 0 Å². The molecule has 2 fully saturated rings. The molecule has 1 aromatic carbocycles. The van der Waals surface area contributed by atoms with Crippen molar-refractivity contribution in [2.75, 3.05) is 26.3 Å². The molecule has 0 N–H and O–H groups in total. The third kappa shape index (κ3) is 3.11. The largest absolute Gasteiger partial charge is 0.347 e. The van der Waals surface area contributed by atoms with E-state index in [1.54, 1.807) is 0 Å². The van der Waals surface area contributed by atoms with E-state index in [4.69, 9.17) is 9.47 Å². The van der Waals surface area contributed by atoms with Crippen molar-refractivity contribution in [3.63, 3.8) is 0 Å². The van der Waals surface area contributed by atoms with E-state index < -0.39 is 0 Å². The lowest BCUT2D eigenvalue weighted by atomic mass is 10.0. The van der Waals surface area contributed by atoms with Crippen molar-refractivity contribution in [1.29, 1.82) is 0 Å². The molecule has 5 nitrogen and oxygen atoms in total. The van der Waals surface area contributed by atoms with E-state index in [0.717, 1.165) is 62.8 Å². The average molecular weight is 327 g/mol. The quantitative estimate of drug-likeness (QED) is 0.869. The van der Waals surface area contributed by atoms with Crippen LogP contribution >= 0.6 is 0 Å². The van der Waals surface area contributed by atoms with Crippen LogP contribution in [0.4, 0.5) is 0 Å². The van der Waals surface area contributed by atoms with Gasteiger partial charge in [0.05, 0.1) is 24.6 Å². The summed E-state index contributed by atoms with van der Waals surface area (Å²) in [6.45, 7) is 8.64. The van der Waals surface area contributed by atoms with Gasteiger partial charge in [0.15, 0.2) is 5.79 Å². The molecule has 3 heterocycles. The summed E-state index contributed by atoms with van der Waals surface area (Å²) in [6, 6.07) is 10.8. The minimum absolute atomic E-state index is 0.282. The first-order valence-electron chi connectivity index (χ1n) is 8.76. The van der Waals surface area contributed by atoms with Gasteiger partial charge in [0.25, 0.3) is 0 Å². The van der Waals surface area contributed by atoms with Crippen molar-refractivity contribution in [3.8, 4) is 5.69 Å². The first-order chi connectivity index (χ1) is 11.6. The molecule has 2 saturated heterocycles. The van der Waals surface area contributed by atoms with E-state index in [9.17, 15) is 0 Å². The van der Waals surface area contributed by atoms with Crippen molar-refractivity contribution < 1.29 is 9.47 Å². The van der Waals surface area contributed by atoms with Crippen LogP contribution in [-0.4, -0.2) is 46.8 Å². The predicted molar refractivity (Wildman–Crippen MR) is 92.2 cm³/mol. The SMILES string of the molecule is Cc1cc(C)n(-c2ccc(CN3CCC4(CC3)OCCO4)cc2)n1. The van der Waals surface area contributed by atoms with E-state index in [1.807, 2.05) is 11.6 Å². The van der Waals surface area contributed by atoms with Crippen LogP contribution in [0.5, 0.6) is 0 Å². The number of nitrogens with zero attached hydrogens (tertiary/aromatic N) is 3. The van der Waals surface area contributed by atoms with Crippen LogP contribution in [0.3, 0.4) is 0 Å². The zero-order chi connectivity index (χ0) is 16.6. The number of ether oxygens (including phenoxy) is 2. The molecular formula is C19H25N3O2. The van der Waals surface area contributed by atoms with Crippen LogP contribution in [0, 0.1) is 13.8 Å². The second-order valence-electron chi connectivity index (χ2n) is 6.89. The molecule has 4 rings (SSSR count). The van der Waals surface area contributed by atoms with Gasteiger partial charge in [-0.2, -0.15) is 5.10 Å². The second kappa shape index (κ2) is 6.31. The maximum atomic E-state index is 5.80. The Balaban J connectivity index is 1.38. The summed E-state index contributed by atoms with van der Waals surface area (Å²) in [5, 5.41) is 4.54. The lowest BCUT2D eigenvalue weighted by Gasteiger charge is -2.37. The molecule has 24 heavy (non-hydrogen) atoms. The van der Waals surface area contributed by atoms with Gasteiger partial charge in [0.1, 0.15) is 0 Å². The number of rotatable bonds is 3. The molecule has 2 aromatic rings. The fourth-order valence-electron chi connectivity index (χ4n) is 3.73. The predicted octanol–water partition coefficient (Wildman–Crippen LogP) is 2.83. The molecule has 0 aliphatic carbocycles. The number of aromatic nitrogens is 2. The van der Waals surface area contributed by atoms with Crippen molar-refractivity contribution in [2.24, 2.45) is 0 Å². The van der Waals surface area contributed by atoms with Gasteiger partial charge in [-0.15, -0.1) is 0 Å². The molecule has 0 atom stereocenters. The third-order valence-electron chi connectivity index (χ3n) is 5.03. The molecule has 5 heteroatoms. The van der Waals surface area contributed by atoms with E-state index in [0.29, 0.717) is 0 Å². The molecule has 0 unspecified atom stereocenters. The Morgan fingerprint density at radius 2 is 1.71 bits per heavy atom. The zero-order valence-electron chi connectivity index (χ0n) is 14.5. The van der Waals surface area contributed by atoms with Crippen LogP contribution in [0.2, 0.25) is 0 Å². The number of hydrogen-bond donors (Lipinski definition) is 0. The number of hydrogen-bond acceptors (Lipinski definition) is 4. The van der Waals surface area contributed by atoms with Gasteiger partial charge >= 0.3 is 0 Å². The maximum absolute atomic E-state index is 5.80. The van der Waals surface area contributed by atoms with Gasteiger partial charge in [-0.25, -0.2) is 4.68 Å². The van der Waals surface area contributed by atoms with Gasteiger partial charge in [-0.3, -0.25) is 4.90 Å². The van der Waals surface area contributed by atoms with E-state index in [2.05, 4.69) is 47.3 Å². The van der Waals surface area contributed by atoms with Crippen molar-refractivity contribution in [3.05, 3.63) is 47.3 Å². The highest BCUT2D eigenvalue weighted by Gasteiger charge is 2.39. The van der Waals surface area contributed by atoms with Crippen LogP contribution in [-0.2, 0) is 16.0 Å². The summed E-state index contributed by atoms with van der Waals surface area (Å²) in [5.74, 6) is -0.282. The second-order valence-corrected chi connectivity index (χ2v) is 6.89. The Kier molecular flexibility index (Phi) is 4.16. The van der Waals surface area contributed by atoms with Crippen LogP contribution in [0.15, 0.2) is 30.3 Å². The third-order valence-corrected chi connectivity index (χ3v) is 5.03. The van der Waals surface area contributed by atoms with Gasteiger partial charge in [-0.05, 0) is 37.6 Å². The minimum atomic E-state index is -0.282. The van der Waals surface area contributed by atoms with Gasteiger partial charge in [0, 0.05) is 38.2 Å².